The van der Waals surface area contributed by atoms with Crippen molar-refractivity contribution in [2.24, 2.45) is 11.8 Å². The maximum absolute atomic E-state index is 4.28. The van der Waals surface area contributed by atoms with Gasteiger partial charge in [0.25, 0.3) is 0 Å². The van der Waals surface area contributed by atoms with Gasteiger partial charge in [-0.3, -0.25) is 0 Å². The zero-order chi connectivity index (χ0) is 10.3. The van der Waals surface area contributed by atoms with Crippen LogP contribution in [0.1, 0.15) is 12.0 Å². The Kier molecular flexibility index (Phi) is 2.37. The summed E-state index contributed by atoms with van der Waals surface area (Å²) in [6.07, 6.45) is 5.60. The zero-order valence-corrected chi connectivity index (χ0v) is 10.00. The number of nitrogens with zero attached hydrogens (tertiary/aromatic N) is 1. The molecule has 3 heteroatoms. The maximum Gasteiger partial charge on any atom is 0.106 e. The number of pyridine rings is 1. The molecule has 1 fully saturated rings. The number of allylic oxidation sites excluding steroid dienone is 1. The van der Waals surface area contributed by atoms with Crippen LogP contribution in [0.15, 0.2) is 29.0 Å². The lowest BCUT2D eigenvalue weighted by molar-refractivity contribution is 0.536. The molecule has 1 aliphatic heterocycles. The lowest BCUT2D eigenvalue weighted by Crippen LogP contribution is -2.09. The van der Waals surface area contributed by atoms with Crippen LogP contribution in [-0.4, -0.2) is 18.1 Å². The lowest BCUT2D eigenvalue weighted by atomic mass is 9.99. The molecular formula is C12H13BrN2. The molecule has 2 atom stereocenters. The Morgan fingerprint density at radius 1 is 1.33 bits per heavy atom. The van der Waals surface area contributed by atoms with Gasteiger partial charge in [-0.1, -0.05) is 12.1 Å². The van der Waals surface area contributed by atoms with Crippen LogP contribution < -0.4 is 5.32 Å². The van der Waals surface area contributed by atoms with E-state index in [4.69, 9.17) is 0 Å². The van der Waals surface area contributed by atoms with E-state index in [1.807, 2.05) is 12.3 Å². The quantitative estimate of drug-likeness (QED) is 0.789. The van der Waals surface area contributed by atoms with Crippen LogP contribution in [0.2, 0.25) is 0 Å². The Bertz CT molecular complexity index is 397. The van der Waals surface area contributed by atoms with Crippen molar-refractivity contribution in [3.8, 4) is 0 Å². The van der Waals surface area contributed by atoms with E-state index in [-0.39, 0.29) is 0 Å². The summed E-state index contributed by atoms with van der Waals surface area (Å²) in [7, 11) is 0. The van der Waals surface area contributed by atoms with Gasteiger partial charge < -0.3 is 5.32 Å². The molecule has 2 aliphatic rings. The van der Waals surface area contributed by atoms with E-state index in [0.29, 0.717) is 0 Å². The number of aromatic nitrogens is 1. The minimum Gasteiger partial charge on any atom is -0.316 e. The van der Waals surface area contributed by atoms with E-state index in [1.165, 1.54) is 24.1 Å². The predicted molar refractivity (Wildman–Crippen MR) is 64.4 cm³/mol. The minimum absolute atomic E-state index is 0.753. The van der Waals surface area contributed by atoms with Crippen molar-refractivity contribution in [1.29, 1.82) is 0 Å². The number of hydrogen-bond donors (Lipinski definition) is 1. The molecule has 1 N–H and O–H groups in total. The molecular weight excluding hydrogens is 252 g/mol. The van der Waals surface area contributed by atoms with E-state index in [2.05, 4.69) is 38.4 Å². The maximum atomic E-state index is 4.28. The molecule has 2 nitrogen and oxygen atoms in total. The van der Waals surface area contributed by atoms with E-state index in [1.54, 1.807) is 0 Å². The monoisotopic (exact) mass is 264 g/mol. The van der Waals surface area contributed by atoms with Gasteiger partial charge in [-0.05, 0) is 57.9 Å². The minimum atomic E-state index is 0.753. The van der Waals surface area contributed by atoms with Crippen LogP contribution in [0.25, 0.3) is 5.57 Å². The van der Waals surface area contributed by atoms with Gasteiger partial charge in [0.05, 0.1) is 0 Å². The highest BCUT2D eigenvalue weighted by Crippen LogP contribution is 2.37. The molecule has 15 heavy (non-hydrogen) atoms. The Morgan fingerprint density at radius 2 is 2.27 bits per heavy atom. The van der Waals surface area contributed by atoms with Gasteiger partial charge in [-0.15, -0.1) is 0 Å². The first-order chi connectivity index (χ1) is 7.33. The molecule has 0 spiro atoms. The summed E-state index contributed by atoms with van der Waals surface area (Å²) in [5.41, 5.74) is 2.76. The van der Waals surface area contributed by atoms with Crippen molar-refractivity contribution in [3.05, 3.63) is 34.6 Å². The molecule has 1 saturated heterocycles. The molecule has 0 bridgehead atoms. The fourth-order valence-electron chi connectivity index (χ4n) is 2.56. The van der Waals surface area contributed by atoms with Crippen LogP contribution >= 0.6 is 15.9 Å². The third kappa shape index (κ3) is 1.74. The molecule has 3 rings (SSSR count). The smallest absolute Gasteiger partial charge is 0.106 e. The van der Waals surface area contributed by atoms with Crippen LogP contribution in [0.3, 0.4) is 0 Å². The van der Waals surface area contributed by atoms with Crippen LogP contribution in [0.4, 0.5) is 0 Å². The second kappa shape index (κ2) is 3.72. The highest BCUT2D eigenvalue weighted by atomic mass is 79.9. The summed E-state index contributed by atoms with van der Waals surface area (Å²) in [6, 6.07) is 4.17. The van der Waals surface area contributed by atoms with Crippen molar-refractivity contribution in [2.75, 3.05) is 13.1 Å². The predicted octanol–water partition coefficient (Wildman–Crippen LogP) is 2.47. The number of hydrogen-bond acceptors (Lipinski definition) is 2. The zero-order valence-electron chi connectivity index (χ0n) is 8.41. The normalized spacial score (nSPS) is 29.0. The number of rotatable bonds is 1. The summed E-state index contributed by atoms with van der Waals surface area (Å²) < 4.78 is 0.909. The Morgan fingerprint density at radius 3 is 3.00 bits per heavy atom. The van der Waals surface area contributed by atoms with Gasteiger partial charge in [0.15, 0.2) is 0 Å². The molecule has 0 saturated carbocycles. The third-order valence-corrected chi connectivity index (χ3v) is 3.86. The summed E-state index contributed by atoms with van der Waals surface area (Å²) in [4.78, 5) is 4.28. The van der Waals surface area contributed by atoms with Crippen molar-refractivity contribution in [2.45, 2.75) is 6.42 Å². The van der Waals surface area contributed by atoms with Crippen molar-refractivity contribution < 1.29 is 0 Å². The molecule has 2 heterocycles. The molecule has 1 aromatic heterocycles. The second-order valence-corrected chi connectivity index (χ2v) is 5.16. The highest BCUT2D eigenvalue weighted by molar-refractivity contribution is 9.10. The van der Waals surface area contributed by atoms with E-state index in [0.717, 1.165) is 23.0 Å². The van der Waals surface area contributed by atoms with Gasteiger partial charge in [-0.2, -0.15) is 0 Å². The highest BCUT2D eigenvalue weighted by Gasteiger charge is 2.31. The third-order valence-electron chi connectivity index (χ3n) is 3.39. The average molecular weight is 265 g/mol. The van der Waals surface area contributed by atoms with Crippen LogP contribution in [0, 0.1) is 11.8 Å². The molecule has 0 aromatic carbocycles. The SMILES string of the molecule is Brc1ccc(C2=C[C@@H]3CNC[C@@H]3C2)cn1. The molecule has 0 amide bonds. The van der Waals surface area contributed by atoms with Crippen molar-refractivity contribution in [1.82, 2.24) is 10.3 Å². The van der Waals surface area contributed by atoms with Gasteiger partial charge in [-0.25, -0.2) is 4.98 Å². The molecule has 1 aliphatic carbocycles. The average Bonchev–Trinajstić information content (AvgIpc) is 2.78. The number of halogens is 1. The van der Waals surface area contributed by atoms with Gasteiger partial charge in [0, 0.05) is 12.7 Å². The molecule has 0 unspecified atom stereocenters. The van der Waals surface area contributed by atoms with Crippen molar-refractivity contribution >= 4 is 21.5 Å². The van der Waals surface area contributed by atoms with E-state index in [9.17, 15) is 0 Å². The molecule has 1 aromatic rings. The summed E-state index contributed by atoms with van der Waals surface area (Å²) in [5.74, 6) is 1.58. The standard InChI is InChI=1S/C12H13BrN2/c13-12-2-1-8(7-15-12)9-3-10-5-14-6-11(10)4-9/h1-3,7,10-11,14H,4-6H2/t10-,11+/m1/s1. The van der Waals surface area contributed by atoms with Gasteiger partial charge >= 0.3 is 0 Å². The lowest BCUT2D eigenvalue weighted by Gasteiger charge is -2.06. The first kappa shape index (κ1) is 9.55. The summed E-state index contributed by atoms with van der Waals surface area (Å²) >= 11 is 3.36. The topological polar surface area (TPSA) is 24.9 Å². The molecule has 78 valence electrons. The van der Waals surface area contributed by atoms with Crippen molar-refractivity contribution in [3.63, 3.8) is 0 Å². The summed E-state index contributed by atoms with van der Waals surface area (Å²) in [6.45, 7) is 2.33. The summed E-state index contributed by atoms with van der Waals surface area (Å²) in [5, 5.41) is 3.44. The van der Waals surface area contributed by atoms with Gasteiger partial charge in [0.2, 0.25) is 0 Å². The number of fused-ring (bicyclic) bond motifs is 1. The van der Waals surface area contributed by atoms with Crippen LogP contribution in [0.5, 0.6) is 0 Å². The first-order valence-electron chi connectivity index (χ1n) is 5.36. The second-order valence-electron chi connectivity index (χ2n) is 4.35. The van der Waals surface area contributed by atoms with E-state index >= 15 is 0 Å². The fourth-order valence-corrected chi connectivity index (χ4v) is 2.80. The largest absolute Gasteiger partial charge is 0.316 e. The van der Waals surface area contributed by atoms with Crippen LogP contribution in [-0.2, 0) is 0 Å². The van der Waals surface area contributed by atoms with Gasteiger partial charge in [0.1, 0.15) is 4.60 Å². The molecule has 0 radical (unpaired) electrons. The Labute approximate surface area is 97.9 Å². The first-order valence-corrected chi connectivity index (χ1v) is 6.15. The van der Waals surface area contributed by atoms with E-state index < -0.39 is 0 Å². The fraction of sp³-hybridized carbons (Fsp3) is 0.417. The Hall–Kier alpha value is -0.670. The Balaban J connectivity index is 1.87. The number of nitrogens with one attached hydrogen (secondary N) is 1.